The van der Waals surface area contributed by atoms with Gasteiger partial charge in [0, 0.05) is 0 Å². The van der Waals surface area contributed by atoms with Crippen LogP contribution in [0, 0.1) is 11.8 Å². The lowest BCUT2D eigenvalue weighted by molar-refractivity contribution is -0.145. The number of rotatable bonds is 12. The van der Waals surface area contributed by atoms with Crippen LogP contribution in [0.15, 0.2) is 0 Å². The van der Waals surface area contributed by atoms with E-state index >= 15 is 0 Å². The quantitative estimate of drug-likeness (QED) is 0.190. The Hall–Kier alpha value is -2.24. The van der Waals surface area contributed by atoms with E-state index in [0.717, 1.165) is 0 Å². The molecule has 0 saturated carbocycles. The zero-order valence-electron chi connectivity index (χ0n) is 18.4. The van der Waals surface area contributed by atoms with E-state index in [1.165, 1.54) is 13.8 Å². The summed E-state index contributed by atoms with van der Waals surface area (Å²) in [5.41, 5.74) is 5.86. The molecule has 0 aliphatic rings. The maximum atomic E-state index is 12.7. The molecule has 0 saturated heterocycles. The largest absolute Gasteiger partial charge is 0.480 e. The van der Waals surface area contributed by atoms with Gasteiger partial charge < -0.3 is 37.0 Å². The number of nitrogens with one attached hydrogen (secondary N) is 3. The third-order valence-corrected chi connectivity index (χ3v) is 4.92. The first kappa shape index (κ1) is 27.8. The molecule has 0 aromatic rings. The summed E-state index contributed by atoms with van der Waals surface area (Å²) in [5.74, 6) is -4.29. The molecule has 11 heteroatoms. The van der Waals surface area contributed by atoms with Crippen molar-refractivity contribution in [2.24, 2.45) is 17.6 Å². The van der Waals surface area contributed by atoms with Gasteiger partial charge in [0.05, 0.1) is 18.2 Å². The molecule has 7 atom stereocenters. The number of hydrogen-bond donors (Lipinski definition) is 7. The van der Waals surface area contributed by atoms with Crippen molar-refractivity contribution in [1.29, 1.82) is 0 Å². The van der Waals surface area contributed by atoms with E-state index in [4.69, 9.17) is 10.8 Å². The number of carbonyl (C=O) groups excluding carboxylic acids is 3. The van der Waals surface area contributed by atoms with Gasteiger partial charge in [-0.15, -0.1) is 0 Å². The monoisotopic (exact) mass is 432 g/mol. The van der Waals surface area contributed by atoms with Crippen molar-refractivity contribution in [3.63, 3.8) is 0 Å². The Balaban J connectivity index is 5.39. The molecule has 0 aliphatic carbocycles. The molecule has 0 aromatic carbocycles. The highest BCUT2D eigenvalue weighted by Crippen LogP contribution is 2.08. The molecule has 0 spiro atoms. The molecule has 7 unspecified atom stereocenters. The zero-order chi connectivity index (χ0) is 23.8. The van der Waals surface area contributed by atoms with Gasteiger partial charge in [-0.25, -0.2) is 4.79 Å². The van der Waals surface area contributed by atoms with Crippen molar-refractivity contribution in [2.45, 2.75) is 84.3 Å². The van der Waals surface area contributed by atoms with Gasteiger partial charge in [-0.3, -0.25) is 14.4 Å². The van der Waals surface area contributed by atoms with Crippen LogP contribution in [-0.2, 0) is 19.2 Å². The highest BCUT2D eigenvalue weighted by atomic mass is 16.4. The van der Waals surface area contributed by atoms with Crippen molar-refractivity contribution in [3.8, 4) is 0 Å². The third kappa shape index (κ3) is 8.25. The van der Waals surface area contributed by atoms with E-state index in [1.54, 1.807) is 20.8 Å². The molecule has 174 valence electrons. The summed E-state index contributed by atoms with van der Waals surface area (Å²) in [6, 6.07) is -4.97. The molecule has 0 fully saturated rings. The second-order valence-corrected chi connectivity index (χ2v) is 7.93. The van der Waals surface area contributed by atoms with Gasteiger partial charge in [0.15, 0.2) is 6.04 Å². The molecule has 11 nitrogen and oxygen atoms in total. The van der Waals surface area contributed by atoms with Gasteiger partial charge in [-0.2, -0.15) is 0 Å². The number of carbonyl (C=O) groups is 4. The maximum absolute atomic E-state index is 12.7. The highest BCUT2D eigenvalue weighted by molar-refractivity contribution is 5.94. The predicted molar refractivity (Wildman–Crippen MR) is 109 cm³/mol. The minimum Gasteiger partial charge on any atom is -0.480 e. The second kappa shape index (κ2) is 12.5. The summed E-state index contributed by atoms with van der Waals surface area (Å²) in [6.45, 7) is 9.40. The molecule has 0 aliphatic heterocycles. The van der Waals surface area contributed by atoms with Gasteiger partial charge in [0.1, 0.15) is 12.1 Å². The smallest absolute Gasteiger partial charge is 0.328 e. The summed E-state index contributed by atoms with van der Waals surface area (Å²) in [4.78, 5) is 48.7. The normalized spacial score (nSPS) is 18.3. The Kier molecular flexibility index (Phi) is 11.5. The van der Waals surface area contributed by atoms with Gasteiger partial charge in [0.2, 0.25) is 17.7 Å². The van der Waals surface area contributed by atoms with Crippen LogP contribution in [0.4, 0.5) is 0 Å². The van der Waals surface area contributed by atoms with Crippen LogP contribution in [0.2, 0.25) is 0 Å². The van der Waals surface area contributed by atoms with Crippen LogP contribution >= 0.6 is 0 Å². The number of aliphatic hydroxyl groups excluding tert-OH is 2. The fourth-order valence-corrected chi connectivity index (χ4v) is 2.58. The molecule has 0 radical (unpaired) electrons. The highest BCUT2D eigenvalue weighted by Gasteiger charge is 2.35. The average molecular weight is 433 g/mol. The zero-order valence-corrected chi connectivity index (χ0v) is 18.4. The Morgan fingerprint density at radius 3 is 1.53 bits per heavy atom. The fourth-order valence-electron chi connectivity index (χ4n) is 2.58. The van der Waals surface area contributed by atoms with E-state index < -0.39 is 66.0 Å². The molecule has 0 aromatic heterocycles. The lowest BCUT2D eigenvalue weighted by atomic mass is 9.98. The summed E-state index contributed by atoms with van der Waals surface area (Å²) >= 11 is 0. The minimum atomic E-state index is -1.56. The minimum absolute atomic E-state index is 0.148. The van der Waals surface area contributed by atoms with Crippen LogP contribution in [0.3, 0.4) is 0 Å². The second-order valence-electron chi connectivity index (χ2n) is 7.93. The standard InChI is InChI=1S/C19H36N4O7/c1-7-9(4)12(20)16(26)22-14(10(5)24)18(28)21-13(8(2)3)17(27)23-15(11(6)25)19(29)30/h8-15,24-25H,7,20H2,1-6H3,(H,21,28)(H,22,26)(H,23,27)(H,29,30). The number of aliphatic hydroxyl groups is 2. The van der Waals surface area contributed by atoms with Crippen molar-refractivity contribution in [2.75, 3.05) is 0 Å². The lowest BCUT2D eigenvalue weighted by Crippen LogP contribution is -2.61. The van der Waals surface area contributed by atoms with E-state index in [1.807, 2.05) is 6.92 Å². The van der Waals surface area contributed by atoms with Crippen molar-refractivity contribution >= 4 is 23.7 Å². The Morgan fingerprint density at radius 2 is 1.17 bits per heavy atom. The van der Waals surface area contributed by atoms with Crippen molar-refractivity contribution in [3.05, 3.63) is 0 Å². The molecular formula is C19H36N4O7. The van der Waals surface area contributed by atoms with E-state index in [2.05, 4.69) is 16.0 Å². The first-order valence-electron chi connectivity index (χ1n) is 10.00. The predicted octanol–water partition coefficient (Wildman–Crippen LogP) is -1.68. The number of aliphatic carboxylic acids is 1. The van der Waals surface area contributed by atoms with Crippen molar-refractivity contribution < 1.29 is 34.5 Å². The lowest BCUT2D eigenvalue weighted by Gasteiger charge is -2.29. The number of nitrogens with two attached hydrogens (primary N) is 1. The van der Waals surface area contributed by atoms with Gasteiger partial charge in [-0.1, -0.05) is 34.1 Å². The molecule has 3 amide bonds. The van der Waals surface area contributed by atoms with E-state index in [9.17, 15) is 29.4 Å². The summed E-state index contributed by atoms with van der Waals surface area (Å²) in [5, 5.41) is 35.6. The molecular weight excluding hydrogens is 396 g/mol. The van der Waals surface area contributed by atoms with E-state index in [-0.39, 0.29) is 5.92 Å². The van der Waals surface area contributed by atoms with Gasteiger partial charge >= 0.3 is 5.97 Å². The molecule has 0 rings (SSSR count). The Labute approximate surface area is 176 Å². The third-order valence-electron chi connectivity index (χ3n) is 4.92. The van der Waals surface area contributed by atoms with Gasteiger partial charge in [-0.05, 0) is 25.7 Å². The van der Waals surface area contributed by atoms with Crippen LogP contribution in [0.25, 0.3) is 0 Å². The SMILES string of the molecule is CCC(C)C(N)C(=O)NC(C(=O)NC(C(=O)NC(C(=O)O)C(C)O)C(C)C)C(C)O. The van der Waals surface area contributed by atoms with Crippen LogP contribution in [-0.4, -0.2) is 75.4 Å². The Morgan fingerprint density at radius 1 is 0.767 bits per heavy atom. The average Bonchev–Trinajstić information content (AvgIpc) is 2.65. The number of carboxylic acid groups (broad SMARTS) is 1. The number of carboxylic acids is 1. The number of amides is 3. The maximum Gasteiger partial charge on any atom is 0.328 e. The van der Waals surface area contributed by atoms with Crippen LogP contribution in [0.5, 0.6) is 0 Å². The summed E-state index contributed by atoms with van der Waals surface area (Å²) in [6.07, 6.45) is -2.00. The number of hydrogen-bond acceptors (Lipinski definition) is 7. The molecule has 8 N–H and O–H groups in total. The first-order valence-corrected chi connectivity index (χ1v) is 10.00. The van der Waals surface area contributed by atoms with E-state index in [0.29, 0.717) is 6.42 Å². The summed E-state index contributed by atoms with van der Waals surface area (Å²) in [7, 11) is 0. The molecule has 0 bridgehead atoms. The first-order chi connectivity index (χ1) is 13.7. The molecule has 0 heterocycles. The van der Waals surface area contributed by atoms with Crippen LogP contribution in [0.1, 0.15) is 48.0 Å². The fraction of sp³-hybridized carbons (Fsp3) is 0.789. The van der Waals surface area contributed by atoms with Crippen molar-refractivity contribution in [1.82, 2.24) is 16.0 Å². The topological polar surface area (TPSA) is 191 Å². The Bertz CT molecular complexity index is 610. The summed E-state index contributed by atoms with van der Waals surface area (Å²) < 4.78 is 0. The van der Waals surface area contributed by atoms with Crippen LogP contribution < -0.4 is 21.7 Å². The van der Waals surface area contributed by atoms with Gasteiger partial charge in [0.25, 0.3) is 0 Å². The molecule has 30 heavy (non-hydrogen) atoms.